The Bertz CT molecular complexity index is 381. The van der Waals surface area contributed by atoms with Crippen molar-refractivity contribution in [1.29, 1.82) is 0 Å². The van der Waals surface area contributed by atoms with Crippen molar-refractivity contribution in [3.63, 3.8) is 0 Å². The van der Waals surface area contributed by atoms with Gasteiger partial charge in [0.15, 0.2) is 0 Å². The van der Waals surface area contributed by atoms with Crippen LogP contribution in [-0.2, 0) is 0 Å². The van der Waals surface area contributed by atoms with E-state index in [2.05, 4.69) is 27.7 Å². The van der Waals surface area contributed by atoms with Crippen LogP contribution in [0.1, 0.15) is 35.3 Å². The molecule has 1 aromatic rings. The molecule has 2 rings (SSSR count). The zero-order valence-electron chi connectivity index (χ0n) is 8.79. The van der Waals surface area contributed by atoms with Crippen LogP contribution in [-0.4, -0.2) is 22.1 Å². The molecule has 0 aliphatic heterocycles. The molecule has 1 heterocycles. The number of carbonyl (C=O) groups excluding carboxylic acids is 1. The lowest BCUT2D eigenvalue weighted by Crippen LogP contribution is -2.35. The first kappa shape index (κ1) is 9.96. The minimum absolute atomic E-state index is 0.0263. The Morgan fingerprint density at radius 2 is 2.47 bits per heavy atom. The monoisotopic (exact) mass is 205 g/mol. The van der Waals surface area contributed by atoms with Gasteiger partial charge in [-0.05, 0) is 26.2 Å². The predicted octanol–water partition coefficient (Wildman–Crippen LogP) is 1.56. The third-order valence-electron chi connectivity index (χ3n) is 2.68. The highest BCUT2D eigenvalue weighted by Gasteiger charge is 2.16. The standard InChI is InChI=1S/C11H15N3O/c1-8-10(7-12-14-8)11(15)13-9-5-3-2-4-6-9/h2-3,7,9H,4-6H2,1H3,(H,12,14)(H,13,15). The number of amides is 1. The summed E-state index contributed by atoms with van der Waals surface area (Å²) < 4.78 is 0. The molecule has 0 fully saturated rings. The molecule has 1 aliphatic rings. The summed E-state index contributed by atoms with van der Waals surface area (Å²) in [7, 11) is 0. The zero-order valence-corrected chi connectivity index (χ0v) is 8.79. The molecule has 1 amide bonds. The Kier molecular flexibility index (Phi) is 2.85. The molecular weight excluding hydrogens is 190 g/mol. The smallest absolute Gasteiger partial charge is 0.254 e. The van der Waals surface area contributed by atoms with E-state index in [1.807, 2.05) is 6.92 Å². The van der Waals surface area contributed by atoms with Crippen LogP contribution in [0, 0.1) is 6.92 Å². The summed E-state index contributed by atoms with van der Waals surface area (Å²) in [5.41, 5.74) is 1.46. The van der Waals surface area contributed by atoms with Gasteiger partial charge in [0.2, 0.25) is 0 Å². The first-order valence-electron chi connectivity index (χ1n) is 5.23. The number of hydrogen-bond acceptors (Lipinski definition) is 2. The van der Waals surface area contributed by atoms with Gasteiger partial charge in [-0.2, -0.15) is 5.10 Å². The second-order valence-corrected chi connectivity index (χ2v) is 3.86. The van der Waals surface area contributed by atoms with Gasteiger partial charge < -0.3 is 5.32 Å². The largest absolute Gasteiger partial charge is 0.349 e. The molecule has 4 nitrogen and oxygen atoms in total. The second-order valence-electron chi connectivity index (χ2n) is 3.86. The number of aromatic amines is 1. The topological polar surface area (TPSA) is 57.8 Å². The van der Waals surface area contributed by atoms with Crippen molar-refractivity contribution in [2.75, 3.05) is 0 Å². The Morgan fingerprint density at radius 3 is 3.07 bits per heavy atom. The SMILES string of the molecule is Cc1[nH]ncc1C(=O)NC1CC=CCC1. The lowest BCUT2D eigenvalue weighted by atomic mass is 10.0. The van der Waals surface area contributed by atoms with Crippen molar-refractivity contribution in [3.8, 4) is 0 Å². The minimum atomic E-state index is -0.0263. The van der Waals surface area contributed by atoms with E-state index in [4.69, 9.17) is 0 Å². The zero-order chi connectivity index (χ0) is 10.7. The number of hydrogen-bond donors (Lipinski definition) is 2. The van der Waals surface area contributed by atoms with Gasteiger partial charge in [-0.1, -0.05) is 12.2 Å². The Balaban J connectivity index is 1.98. The highest BCUT2D eigenvalue weighted by Crippen LogP contribution is 2.12. The number of rotatable bonds is 2. The van der Waals surface area contributed by atoms with Crippen molar-refractivity contribution < 1.29 is 4.79 Å². The Morgan fingerprint density at radius 1 is 1.60 bits per heavy atom. The van der Waals surface area contributed by atoms with Crippen molar-refractivity contribution in [3.05, 3.63) is 29.6 Å². The highest BCUT2D eigenvalue weighted by atomic mass is 16.1. The van der Waals surface area contributed by atoms with Crippen molar-refractivity contribution in [2.45, 2.75) is 32.2 Å². The van der Waals surface area contributed by atoms with Crippen LogP contribution < -0.4 is 5.32 Å². The van der Waals surface area contributed by atoms with Crippen LogP contribution in [0.2, 0.25) is 0 Å². The summed E-state index contributed by atoms with van der Waals surface area (Å²) in [5.74, 6) is -0.0263. The van der Waals surface area contributed by atoms with Gasteiger partial charge in [-0.25, -0.2) is 0 Å². The molecule has 1 unspecified atom stereocenters. The lowest BCUT2D eigenvalue weighted by molar-refractivity contribution is 0.0934. The number of aryl methyl sites for hydroxylation is 1. The van der Waals surface area contributed by atoms with Crippen molar-refractivity contribution in [1.82, 2.24) is 15.5 Å². The average Bonchev–Trinajstić information content (AvgIpc) is 2.66. The Labute approximate surface area is 88.8 Å². The van der Waals surface area contributed by atoms with Crippen LogP contribution >= 0.6 is 0 Å². The summed E-state index contributed by atoms with van der Waals surface area (Å²) >= 11 is 0. The van der Waals surface area contributed by atoms with E-state index in [1.165, 1.54) is 0 Å². The molecule has 0 spiro atoms. The number of nitrogens with zero attached hydrogens (tertiary/aromatic N) is 1. The average molecular weight is 205 g/mol. The van der Waals surface area contributed by atoms with Gasteiger partial charge in [0, 0.05) is 11.7 Å². The van der Waals surface area contributed by atoms with Crippen LogP contribution in [0.25, 0.3) is 0 Å². The fourth-order valence-electron chi connectivity index (χ4n) is 1.77. The molecule has 4 heteroatoms. The molecule has 1 aromatic heterocycles. The summed E-state index contributed by atoms with van der Waals surface area (Å²) in [6.07, 6.45) is 8.86. The lowest BCUT2D eigenvalue weighted by Gasteiger charge is -2.18. The maximum atomic E-state index is 11.8. The number of H-pyrrole nitrogens is 1. The molecule has 0 radical (unpaired) electrons. The molecule has 15 heavy (non-hydrogen) atoms. The first-order valence-corrected chi connectivity index (χ1v) is 5.23. The minimum Gasteiger partial charge on any atom is -0.349 e. The molecule has 0 bridgehead atoms. The first-order chi connectivity index (χ1) is 7.27. The molecule has 1 aliphatic carbocycles. The second kappa shape index (κ2) is 4.29. The van der Waals surface area contributed by atoms with Crippen LogP contribution in [0.4, 0.5) is 0 Å². The van der Waals surface area contributed by atoms with Gasteiger partial charge in [-0.3, -0.25) is 9.89 Å². The number of aromatic nitrogens is 2. The van der Waals surface area contributed by atoms with E-state index in [0.717, 1.165) is 25.0 Å². The van der Waals surface area contributed by atoms with Crippen molar-refractivity contribution in [2.24, 2.45) is 0 Å². The van der Waals surface area contributed by atoms with E-state index < -0.39 is 0 Å². The number of allylic oxidation sites excluding steroid dienone is 1. The molecule has 2 N–H and O–H groups in total. The van der Waals surface area contributed by atoms with Gasteiger partial charge >= 0.3 is 0 Å². The van der Waals surface area contributed by atoms with E-state index in [1.54, 1.807) is 6.20 Å². The normalized spacial score (nSPS) is 20.2. The summed E-state index contributed by atoms with van der Waals surface area (Å²) in [5, 5.41) is 9.61. The maximum absolute atomic E-state index is 11.8. The number of carbonyl (C=O) groups is 1. The fraction of sp³-hybridized carbons (Fsp3) is 0.455. The summed E-state index contributed by atoms with van der Waals surface area (Å²) in [4.78, 5) is 11.8. The van der Waals surface area contributed by atoms with Gasteiger partial charge in [0.1, 0.15) is 0 Å². The highest BCUT2D eigenvalue weighted by molar-refractivity contribution is 5.95. The predicted molar refractivity (Wildman–Crippen MR) is 57.6 cm³/mol. The molecule has 0 saturated carbocycles. The van der Waals surface area contributed by atoms with E-state index in [-0.39, 0.29) is 11.9 Å². The summed E-state index contributed by atoms with van der Waals surface area (Å²) in [6, 6.07) is 0.275. The molecule has 0 aromatic carbocycles. The van der Waals surface area contributed by atoms with Crippen molar-refractivity contribution >= 4 is 5.91 Å². The molecule has 0 saturated heterocycles. The Hall–Kier alpha value is -1.58. The van der Waals surface area contributed by atoms with Gasteiger partial charge in [0.25, 0.3) is 5.91 Å². The molecular formula is C11H15N3O. The van der Waals surface area contributed by atoms with E-state index in [0.29, 0.717) is 5.56 Å². The van der Waals surface area contributed by atoms with Crippen LogP contribution in [0.5, 0.6) is 0 Å². The third kappa shape index (κ3) is 2.26. The van der Waals surface area contributed by atoms with Gasteiger partial charge in [0.05, 0.1) is 11.8 Å². The third-order valence-corrected chi connectivity index (χ3v) is 2.68. The summed E-state index contributed by atoms with van der Waals surface area (Å²) in [6.45, 7) is 1.85. The van der Waals surface area contributed by atoms with Crippen LogP contribution in [0.3, 0.4) is 0 Å². The fourth-order valence-corrected chi connectivity index (χ4v) is 1.77. The number of nitrogens with one attached hydrogen (secondary N) is 2. The maximum Gasteiger partial charge on any atom is 0.254 e. The molecule has 80 valence electrons. The molecule has 1 atom stereocenters. The van der Waals surface area contributed by atoms with E-state index >= 15 is 0 Å². The van der Waals surface area contributed by atoms with Crippen LogP contribution in [0.15, 0.2) is 18.3 Å². The van der Waals surface area contributed by atoms with E-state index in [9.17, 15) is 4.79 Å². The quantitative estimate of drug-likeness (QED) is 0.720. The van der Waals surface area contributed by atoms with Gasteiger partial charge in [-0.15, -0.1) is 0 Å².